The molecule has 1 aromatic heterocycles. The molecule has 1 heterocycles. The monoisotopic (exact) mass is 365 g/mol. The maximum atomic E-state index is 12.4. The Morgan fingerprint density at radius 2 is 1.85 bits per heavy atom. The standard InChI is InChI=1S/C20H19N3O4/c1-26-18-12-17(23-16-5-3-2-4-15(16)18)20(25)22-10-11-27-14-8-6-13(7-9-14)19(21)24/h2-9,12H,10-11H2,1H3,(H2,21,24)(H,22,25). The first-order valence-electron chi connectivity index (χ1n) is 8.33. The number of pyridine rings is 1. The number of fused-ring (bicyclic) bond motifs is 1. The molecule has 3 N–H and O–H groups in total. The van der Waals surface area contributed by atoms with Gasteiger partial charge in [-0.05, 0) is 36.4 Å². The zero-order chi connectivity index (χ0) is 19.2. The van der Waals surface area contributed by atoms with Crippen LogP contribution in [0.4, 0.5) is 0 Å². The van der Waals surface area contributed by atoms with Crippen molar-refractivity contribution in [3.63, 3.8) is 0 Å². The number of methoxy groups -OCH3 is 1. The molecule has 0 spiro atoms. The zero-order valence-corrected chi connectivity index (χ0v) is 14.8. The number of nitrogens with two attached hydrogens (primary N) is 1. The van der Waals surface area contributed by atoms with Crippen molar-refractivity contribution < 1.29 is 19.1 Å². The van der Waals surface area contributed by atoms with Gasteiger partial charge in [0, 0.05) is 17.0 Å². The Morgan fingerprint density at radius 1 is 1.11 bits per heavy atom. The van der Waals surface area contributed by atoms with E-state index in [0.717, 1.165) is 5.39 Å². The minimum absolute atomic E-state index is 0.270. The van der Waals surface area contributed by atoms with Gasteiger partial charge in [0.25, 0.3) is 5.91 Å². The number of carbonyl (C=O) groups is 2. The quantitative estimate of drug-likeness (QED) is 0.625. The van der Waals surface area contributed by atoms with Crippen LogP contribution in [0.3, 0.4) is 0 Å². The molecular weight excluding hydrogens is 346 g/mol. The third-order valence-electron chi connectivity index (χ3n) is 3.93. The molecule has 0 saturated carbocycles. The van der Waals surface area contributed by atoms with E-state index < -0.39 is 5.91 Å². The summed E-state index contributed by atoms with van der Waals surface area (Å²) in [6.45, 7) is 0.569. The minimum Gasteiger partial charge on any atom is -0.496 e. The number of nitrogens with zero attached hydrogens (tertiary/aromatic N) is 1. The summed E-state index contributed by atoms with van der Waals surface area (Å²) in [5, 5.41) is 3.61. The predicted octanol–water partition coefficient (Wildman–Crippen LogP) is 2.15. The van der Waals surface area contributed by atoms with Gasteiger partial charge in [0.1, 0.15) is 23.8 Å². The summed E-state index contributed by atoms with van der Waals surface area (Å²) in [5.41, 5.74) is 6.56. The van der Waals surface area contributed by atoms with Crippen LogP contribution in [0.25, 0.3) is 10.9 Å². The Kier molecular flexibility index (Phi) is 5.51. The number of rotatable bonds is 7. The molecule has 7 heteroatoms. The van der Waals surface area contributed by atoms with Crippen molar-refractivity contribution in [3.05, 3.63) is 65.9 Å². The van der Waals surface area contributed by atoms with Gasteiger partial charge in [0.2, 0.25) is 5.91 Å². The normalized spacial score (nSPS) is 10.4. The van der Waals surface area contributed by atoms with E-state index in [1.54, 1.807) is 37.4 Å². The van der Waals surface area contributed by atoms with Crippen molar-refractivity contribution in [3.8, 4) is 11.5 Å². The fourth-order valence-electron chi connectivity index (χ4n) is 2.57. The molecule has 138 valence electrons. The molecule has 0 bridgehead atoms. The van der Waals surface area contributed by atoms with E-state index in [-0.39, 0.29) is 18.2 Å². The van der Waals surface area contributed by atoms with Crippen molar-refractivity contribution in [2.45, 2.75) is 0 Å². The number of nitrogens with one attached hydrogen (secondary N) is 1. The zero-order valence-electron chi connectivity index (χ0n) is 14.8. The van der Waals surface area contributed by atoms with Crippen molar-refractivity contribution >= 4 is 22.7 Å². The van der Waals surface area contributed by atoms with Crippen LogP contribution >= 0.6 is 0 Å². The van der Waals surface area contributed by atoms with Gasteiger partial charge in [-0.25, -0.2) is 4.98 Å². The molecule has 0 aliphatic rings. The van der Waals surface area contributed by atoms with Crippen LogP contribution in [0.2, 0.25) is 0 Å². The Morgan fingerprint density at radius 3 is 2.56 bits per heavy atom. The van der Waals surface area contributed by atoms with Crippen LogP contribution in [0.15, 0.2) is 54.6 Å². The summed E-state index contributed by atoms with van der Waals surface area (Å²) < 4.78 is 10.9. The van der Waals surface area contributed by atoms with E-state index >= 15 is 0 Å². The van der Waals surface area contributed by atoms with E-state index in [4.69, 9.17) is 15.2 Å². The molecule has 0 aliphatic carbocycles. The minimum atomic E-state index is -0.493. The summed E-state index contributed by atoms with van der Waals surface area (Å²) in [5.74, 6) is 0.371. The van der Waals surface area contributed by atoms with Crippen LogP contribution in [0.5, 0.6) is 11.5 Å². The second kappa shape index (κ2) is 8.18. The number of benzene rings is 2. The van der Waals surface area contributed by atoms with Gasteiger partial charge in [-0.2, -0.15) is 0 Å². The van der Waals surface area contributed by atoms with E-state index in [2.05, 4.69) is 10.3 Å². The first-order chi connectivity index (χ1) is 13.1. The van der Waals surface area contributed by atoms with Crippen molar-refractivity contribution in [1.29, 1.82) is 0 Å². The van der Waals surface area contributed by atoms with E-state index in [0.29, 0.717) is 29.1 Å². The predicted molar refractivity (Wildman–Crippen MR) is 101 cm³/mol. The summed E-state index contributed by atoms with van der Waals surface area (Å²) in [6, 6.07) is 15.5. The maximum absolute atomic E-state index is 12.4. The SMILES string of the molecule is COc1cc(C(=O)NCCOc2ccc(C(N)=O)cc2)nc2ccccc12. The molecule has 0 unspecified atom stereocenters. The third-order valence-corrected chi connectivity index (χ3v) is 3.93. The number of amides is 2. The lowest BCUT2D eigenvalue weighted by Crippen LogP contribution is -2.28. The van der Waals surface area contributed by atoms with E-state index in [1.807, 2.05) is 24.3 Å². The average molecular weight is 365 g/mol. The molecule has 27 heavy (non-hydrogen) atoms. The van der Waals surface area contributed by atoms with Gasteiger partial charge in [0.15, 0.2) is 0 Å². The van der Waals surface area contributed by atoms with Gasteiger partial charge < -0.3 is 20.5 Å². The number of hydrogen-bond donors (Lipinski definition) is 2. The largest absolute Gasteiger partial charge is 0.496 e. The van der Waals surface area contributed by atoms with E-state index in [1.165, 1.54) is 0 Å². The molecule has 3 aromatic rings. The third kappa shape index (κ3) is 4.33. The number of para-hydroxylation sites is 1. The molecule has 0 fully saturated rings. The Labute approximate surface area is 156 Å². The number of ether oxygens (including phenoxy) is 2. The molecule has 0 atom stereocenters. The molecule has 3 rings (SSSR count). The molecule has 0 saturated heterocycles. The Bertz CT molecular complexity index is 971. The van der Waals surface area contributed by atoms with Gasteiger partial charge >= 0.3 is 0 Å². The van der Waals surface area contributed by atoms with Crippen molar-refractivity contribution in [2.24, 2.45) is 5.73 Å². The molecular formula is C20H19N3O4. The first kappa shape index (κ1) is 18.2. The second-order valence-corrected chi connectivity index (χ2v) is 5.72. The first-order valence-corrected chi connectivity index (χ1v) is 8.33. The van der Waals surface area contributed by atoms with Gasteiger partial charge in [-0.1, -0.05) is 12.1 Å². The van der Waals surface area contributed by atoms with Crippen molar-refractivity contribution in [2.75, 3.05) is 20.3 Å². The summed E-state index contributed by atoms with van der Waals surface area (Å²) >= 11 is 0. The fraction of sp³-hybridized carbons (Fsp3) is 0.150. The lowest BCUT2D eigenvalue weighted by Gasteiger charge is -2.10. The van der Waals surface area contributed by atoms with Crippen LogP contribution in [-0.4, -0.2) is 37.1 Å². The molecule has 2 aromatic carbocycles. The topological polar surface area (TPSA) is 104 Å². The Hall–Kier alpha value is -3.61. The summed E-state index contributed by atoms with van der Waals surface area (Å²) in [4.78, 5) is 27.8. The van der Waals surface area contributed by atoms with Gasteiger partial charge in [-0.3, -0.25) is 9.59 Å². The molecule has 0 radical (unpaired) electrons. The van der Waals surface area contributed by atoms with Gasteiger partial charge in [-0.15, -0.1) is 0 Å². The number of carbonyl (C=O) groups excluding carboxylic acids is 2. The molecule has 2 amide bonds. The van der Waals surface area contributed by atoms with Crippen molar-refractivity contribution in [1.82, 2.24) is 10.3 Å². The van der Waals surface area contributed by atoms with Crippen LogP contribution < -0.4 is 20.5 Å². The average Bonchev–Trinajstić information content (AvgIpc) is 2.70. The highest BCUT2D eigenvalue weighted by Crippen LogP contribution is 2.24. The molecule has 7 nitrogen and oxygen atoms in total. The molecule has 0 aliphatic heterocycles. The fourth-order valence-corrected chi connectivity index (χ4v) is 2.57. The van der Waals surface area contributed by atoms with Crippen LogP contribution in [0, 0.1) is 0 Å². The highest BCUT2D eigenvalue weighted by molar-refractivity contribution is 5.97. The second-order valence-electron chi connectivity index (χ2n) is 5.72. The maximum Gasteiger partial charge on any atom is 0.270 e. The summed E-state index contributed by atoms with van der Waals surface area (Å²) in [6.07, 6.45) is 0. The lowest BCUT2D eigenvalue weighted by molar-refractivity contribution is 0.0940. The smallest absolute Gasteiger partial charge is 0.270 e. The Balaban J connectivity index is 1.58. The van der Waals surface area contributed by atoms with Crippen LogP contribution in [0.1, 0.15) is 20.8 Å². The number of hydrogen-bond acceptors (Lipinski definition) is 5. The highest BCUT2D eigenvalue weighted by atomic mass is 16.5. The highest BCUT2D eigenvalue weighted by Gasteiger charge is 2.12. The number of aromatic nitrogens is 1. The van der Waals surface area contributed by atoms with E-state index in [9.17, 15) is 9.59 Å². The summed E-state index contributed by atoms with van der Waals surface area (Å²) in [7, 11) is 1.56. The number of primary amides is 1. The van der Waals surface area contributed by atoms with Gasteiger partial charge in [0.05, 0.1) is 19.2 Å². The lowest BCUT2D eigenvalue weighted by atomic mass is 10.2. The van der Waals surface area contributed by atoms with Crippen LogP contribution in [-0.2, 0) is 0 Å².